The van der Waals surface area contributed by atoms with E-state index in [0.29, 0.717) is 37.5 Å². The third-order valence-electron chi connectivity index (χ3n) is 11.7. The predicted octanol–water partition coefficient (Wildman–Crippen LogP) is 5.82. The summed E-state index contributed by atoms with van der Waals surface area (Å²) in [5.41, 5.74) is -1.85. The molecule has 3 heterocycles. The van der Waals surface area contributed by atoms with Gasteiger partial charge in [0.25, 0.3) is 0 Å². The molecule has 12 nitrogen and oxygen atoms in total. The quantitative estimate of drug-likeness (QED) is 0.0590. The Morgan fingerprint density at radius 1 is 1.15 bits per heavy atom. The van der Waals surface area contributed by atoms with E-state index >= 15 is 0 Å². The van der Waals surface area contributed by atoms with E-state index in [-0.39, 0.29) is 37.4 Å². The number of esters is 1. The highest BCUT2D eigenvalue weighted by atomic mass is 16.6. The number of epoxide rings is 1. The lowest BCUT2D eigenvalue weighted by atomic mass is 9.88. The third kappa shape index (κ3) is 11.9. The normalized spacial score (nSPS) is 34.9. The minimum Gasteiger partial charge on any atom is -0.457 e. The number of piperazine rings is 1. The molecule has 2 saturated heterocycles. The molecule has 10 unspecified atom stereocenters. The van der Waals surface area contributed by atoms with Crippen LogP contribution in [-0.4, -0.2) is 117 Å². The first-order chi connectivity index (χ1) is 24.7. The molecule has 0 spiro atoms. The average molecular weight is 732 g/mol. The van der Waals surface area contributed by atoms with Crippen LogP contribution in [0.15, 0.2) is 41.1 Å². The Kier molecular flexibility index (Phi) is 15.5. The van der Waals surface area contributed by atoms with Crippen LogP contribution in [0.3, 0.4) is 0 Å². The molecule has 1 aliphatic carbocycles. The van der Waals surface area contributed by atoms with E-state index in [1.54, 1.807) is 49.1 Å². The summed E-state index contributed by atoms with van der Waals surface area (Å²) in [6, 6.07) is 0.574. The van der Waals surface area contributed by atoms with Crippen molar-refractivity contribution in [2.24, 2.45) is 17.0 Å². The zero-order valence-electron chi connectivity index (χ0n) is 32.3. The number of cyclic esters (lactones) is 1. The van der Waals surface area contributed by atoms with Crippen molar-refractivity contribution in [3.05, 3.63) is 40.9 Å². The first-order valence-electron chi connectivity index (χ1n) is 19.7. The summed E-state index contributed by atoms with van der Waals surface area (Å²) in [6.45, 7) is 13.6. The summed E-state index contributed by atoms with van der Waals surface area (Å²) in [5, 5.41) is 35.8. The Labute approximate surface area is 310 Å². The summed E-state index contributed by atoms with van der Waals surface area (Å²) in [6.07, 6.45) is 13.1. The maximum Gasteiger partial charge on any atom is 0.410 e. The van der Waals surface area contributed by atoms with Crippen LogP contribution in [0, 0.1) is 16.7 Å². The third-order valence-corrected chi connectivity index (χ3v) is 11.7. The Bertz CT molecular complexity index is 1270. The number of nitroso groups, excluding NO2 is 1. The highest BCUT2D eigenvalue weighted by molar-refractivity contribution is 5.70. The Balaban J connectivity index is 1.44. The zero-order valence-corrected chi connectivity index (χ0v) is 32.3. The van der Waals surface area contributed by atoms with Crippen LogP contribution in [-0.2, 0) is 19.0 Å². The molecule has 3 N–H and O–H groups in total. The van der Waals surface area contributed by atoms with Gasteiger partial charge in [0.1, 0.15) is 17.2 Å². The maximum absolute atomic E-state index is 13.5. The van der Waals surface area contributed by atoms with Crippen molar-refractivity contribution in [2.75, 3.05) is 26.2 Å². The summed E-state index contributed by atoms with van der Waals surface area (Å²) in [5.74, 6) is -1.01. The molecule has 4 aliphatic rings. The fourth-order valence-electron chi connectivity index (χ4n) is 7.95. The number of hydrogen-bond donors (Lipinski definition) is 3. The number of carbonyl (C=O) groups is 2. The molecule has 12 heteroatoms. The van der Waals surface area contributed by atoms with Gasteiger partial charge >= 0.3 is 12.1 Å². The number of allylic oxidation sites excluding steroid dienone is 2. The number of hydrogen-bond acceptors (Lipinski definition) is 11. The number of ether oxygens (including phenoxy) is 3. The van der Waals surface area contributed by atoms with Crippen LogP contribution < -0.4 is 0 Å². The second-order valence-corrected chi connectivity index (χ2v) is 16.3. The molecule has 1 saturated carbocycles. The number of carbonyl (C=O) groups excluding carboxylic acids is 2. The van der Waals surface area contributed by atoms with Crippen LogP contribution in [0.4, 0.5) is 4.79 Å². The van der Waals surface area contributed by atoms with E-state index in [4.69, 9.17) is 14.2 Å². The van der Waals surface area contributed by atoms with Crippen LogP contribution in [0.5, 0.6) is 0 Å². The van der Waals surface area contributed by atoms with E-state index in [9.17, 15) is 29.8 Å². The molecular weight excluding hydrogens is 666 g/mol. The van der Waals surface area contributed by atoms with Gasteiger partial charge in [-0.15, -0.1) is 4.91 Å². The van der Waals surface area contributed by atoms with E-state index in [1.165, 1.54) is 38.5 Å². The lowest BCUT2D eigenvalue weighted by molar-refractivity contribution is -0.151. The van der Waals surface area contributed by atoms with Crippen LogP contribution in [0.2, 0.25) is 0 Å². The minimum atomic E-state index is -1.50. The van der Waals surface area contributed by atoms with Gasteiger partial charge in [-0.2, -0.15) is 0 Å². The van der Waals surface area contributed by atoms with Crippen LogP contribution in [0.1, 0.15) is 112 Å². The molecule has 3 aliphatic heterocycles. The maximum atomic E-state index is 13.5. The fourth-order valence-corrected chi connectivity index (χ4v) is 7.95. The number of aliphatic hydroxyl groups excluding tert-OH is 2. The minimum absolute atomic E-state index is 0.0425. The number of aliphatic hydroxyl groups is 3. The van der Waals surface area contributed by atoms with Gasteiger partial charge in [-0.05, 0) is 64.5 Å². The van der Waals surface area contributed by atoms with Crippen molar-refractivity contribution < 1.29 is 39.1 Å². The highest BCUT2D eigenvalue weighted by Gasteiger charge is 2.48. The molecule has 294 valence electrons. The molecule has 3 fully saturated rings. The Hall–Kier alpha value is -2.64. The van der Waals surface area contributed by atoms with Gasteiger partial charge < -0.3 is 34.4 Å². The van der Waals surface area contributed by atoms with Crippen molar-refractivity contribution in [1.82, 2.24) is 9.80 Å². The van der Waals surface area contributed by atoms with Gasteiger partial charge in [0.15, 0.2) is 6.10 Å². The SMILES string of the molecule is CCC(O)C(C)C1OC1CC(C)(/C=C/C=C(\C)C1OC(=O)CC(O)CCC(C)(O)C(OC(=O)N2CCN(C3CCCCCC3)CC2)/C=C/C1C)N=O. The number of amides is 1. The molecule has 1 amide bonds. The van der Waals surface area contributed by atoms with Gasteiger partial charge in [-0.25, -0.2) is 4.79 Å². The summed E-state index contributed by atoms with van der Waals surface area (Å²) in [4.78, 5) is 42.6. The first kappa shape index (κ1) is 42.1. The standard InChI is InChI=1S/C40H65N3O9/c1-7-32(45)29(4)37-33(50-37)26-39(5,41-49)19-12-13-27(2)36-28(3)16-17-34(40(6,48)20-18-31(44)25-35(46)52-36)51-38(47)43-23-21-42(22-24-43)30-14-10-8-9-11-15-30/h12-13,16-17,19,28-34,36-37,44-45,48H,7-11,14-15,18,20-26H2,1-6H3/b17-16+,19-12+,27-13+. The predicted molar refractivity (Wildman–Crippen MR) is 199 cm³/mol. The van der Waals surface area contributed by atoms with Crippen molar-refractivity contribution in [2.45, 2.75) is 166 Å². The Morgan fingerprint density at radius 2 is 1.83 bits per heavy atom. The molecule has 0 radical (unpaired) electrons. The molecule has 4 rings (SSSR count). The fraction of sp³-hybridized carbons (Fsp3) is 0.800. The van der Waals surface area contributed by atoms with E-state index in [2.05, 4.69) is 10.1 Å². The topological polar surface area (TPSA) is 162 Å². The lowest BCUT2D eigenvalue weighted by Gasteiger charge is -2.40. The molecule has 0 aromatic carbocycles. The second kappa shape index (κ2) is 19.1. The summed E-state index contributed by atoms with van der Waals surface area (Å²) < 4.78 is 17.7. The lowest BCUT2D eigenvalue weighted by Crippen LogP contribution is -2.53. The van der Waals surface area contributed by atoms with E-state index in [0.717, 1.165) is 13.1 Å². The van der Waals surface area contributed by atoms with Gasteiger partial charge in [-0.1, -0.05) is 75.9 Å². The monoisotopic (exact) mass is 731 g/mol. The van der Waals surface area contributed by atoms with Crippen molar-refractivity contribution in [1.29, 1.82) is 0 Å². The van der Waals surface area contributed by atoms with Crippen molar-refractivity contribution >= 4 is 12.1 Å². The number of nitrogens with zero attached hydrogens (tertiary/aromatic N) is 3. The number of rotatable bonds is 11. The van der Waals surface area contributed by atoms with E-state index in [1.807, 2.05) is 27.7 Å². The average Bonchev–Trinajstić information content (AvgIpc) is 3.93. The largest absolute Gasteiger partial charge is 0.457 e. The molecule has 0 aromatic heterocycles. The molecular formula is C40H65N3O9. The smallest absolute Gasteiger partial charge is 0.410 e. The van der Waals surface area contributed by atoms with Gasteiger partial charge in [0.05, 0.1) is 30.8 Å². The van der Waals surface area contributed by atoms with Crippen LogP contribution >= 0.6 is 0 Å². The zero-order chi connectivity index (χ0) is 38.1. The van der Waals surface area contributed by atoms with Gasteiger partial charge in [-0.3, -0.25) is 9.69 Å². The van der Waals surface area contributed by atoms with Crippen molar-refractivity contribution in [3.8, 4) is 0 Å². The first-order valence-corrected chi connectivity index (χ1v) is 19.7. The van der Waals surface area contributed by atoms with Crippen molar-refractivity contribution in [3.63, 3.8) is 0 Å². The van der Waals surface area contributed by atoms with Gasteiger partial charge in [0.2, 0.25) is 0 Å². The highest BCUT2D eigenvalue weighted by Crippen LogP contribution is 2.39. The summed E-state index contributed by atoms with van der Waals surface area (Å²) >= 11 is 0. The molecule has 52 heavy (non-hydrogen) atoms. The van der Waals surface area contributed by atoms with E-state index < -0.39 is 53.5 Å². The second-order valence-electron chi connectivity index (χ2n) is 16.3. The molecule has 0 bridgehead atoms. The van der Waals surface area contributed by atoms with Crippen LogP contribution in [0.25, 0.3) is 0 Å². The van der Waals surface area contributed by atoms with Gasteiger partial charge in [0, 0.05) is 50.5 Å². The Morgan fingerprint density at radius 3 is 2.46 bits per heavy atom. The molecule has 0 aromatic rings. The summed E-state index contributed by atoms with van der Waals surface area (Å²) in [7, 11) is 0. The molecule has 10 atom stereocenters.